The van der Waals surface area contributed by atoms with Gasteiger partial charge in [-0.1, -0.05) is 0 Å². The number of aromatic hydroxyl groups is 2. The molecule has 596 valence electrons. The fraction of sp³-hybridized carbons (Fsp3) is 0.154. The van der Waals surface area contributed by atoms with Crippen LogP contribution in [0.5, 0.6) is 11.5 Å². The summed E-state index contributed by atoms with van der Waals surface area (Å²) in [6.07, 6.45) is 0. The van der Waals surface area contributed by atoms with Gasteiger partial charge in [0.25, 0.3) is 0 Å². The fourth-order valence-electron chi connectivity index (χ4n) is 8.64. The van der Waals surface area contributed by atoms with E-state index in [2.05, 4.69) is 57.6 Å². The minimum atomic E-state index is -5.50. The van der Waals surface area contributed by atoms with Crippen molar-refractivity contribution in [2.75, 3.05) is 49.4 Å². The predicted octanol–water partition coefficient (Wildman–Crippen LogP) is -7.24. The van der Waals surface area contributed by atoms with Crippen LogP contribution < -0.4 is 118 Å². The molecule has 0 bridgehead atoms. The topological polar surface area (TPSA) is 759 Å². The van der Waals surface area contributed by atoms with Crippen LogP contribution in [0.4, 0.5) is 45.5 Å². The molecular weight excluding hydrogens is 1820 g/mol. The third kappa shape index (κ3) is 30.5. The smallest absolute Gasteiger partial charge is 0.744 e. The van der Waals surface area contributed by atoms with Gasteiger partial charge in [-0.15, -0.1) is 20.5 Å². The van der Waals surface area contributed by atoms with Crippen LogP contribution in [0.25, 0.3) is 21.5 Å². The van der Waals surface area contributed by atoms with Gasteiger partial charge in [0.2, 0.25) is 0 Å². The van der Waals surface area contributed by atoms with E-state index in [1.165, 1.54) is 0 Å². The van der Waals surface area contributed by atoms with E-state index in [1.807, 2.05) is 0 Å². The van der Waals surface area contributed by atoms with Crippen molar-refractivity contribution in [2.45, 2.75) is 39.2 Å². The van der Waals surface area contributed by atoms with Gasteiger partial charge < -0.3 is 28.4 Å². The number of hydrogen-bond donors (Lipinski definition) is 6. The number of fused-ring (bicyclic) bond motifs is 2. The number of rotatable bonds is 32. The first-order valence-corrected chi connectivity index (χ1v) is 46.0. The molecule has 46 nitrogen and oxygen atoms in total. The van der Waals surface area contributed by atoms with Crippen molar-refractivity contribution in [2.24, 2.45) is 40.9 Å². The Morgan fingerprint density at radius 1 is 0.272 bits per heavy atom. The van der Waals surface area contributed by atoms with E-state index < -0.39 is 246 Å². The summed E-state index contributed by atoms with van der Waals surface area (Å²) in [7, 11) is -58.0. The molecule has 8 aromatic carbocycles. The zero-order chi connectivity index (χ0) is 82.4. The Morgan fingerprint density at radius 2 is 0.465 bits per heavy atom. The number of nitrogens with zero attached hydrogens (tertiary/aromatic N) is 8. The molecule has 0 aromatic heterocycles. The summed E-state index contributed by atoms with van der Waals surface area (Å²) >= 11 is 0. The molecule has 0 heterocycles. The zero-order valence-electron chi connectivity index (χ0n) is 57.6. The Balaban J connectivity index is 0.000000570. The minimum absolute atomic E-state index is 0. The SMILES string of the molecule is O=S(=O)(O)OCCS(=O)(=O)c1ccc(N=Nc2cc3c(O)c(N=Nc4ccc(S(=O)(=O)CCOS(=O)(=O)O)cc4)c(S(=O)(=O)[O-])cc3cc2S(=O)(=O)[O-])cc1.O=S(=O)(O)OCCS(=O)(=O)c1ccc(N=Nc2cc3c(O)c(N=Nc4ccc(S(=O)(=O)CCOS(=O)(=O)O)cc4)c(S(=O)(=O)[O-])cc3cc2S(=O)(=O)[O-])cc1.[Na+].[Na+].[Na+].[Na+]. The van der Waals surface area contributed by atoms with Gasteiger partial charge in [0.1, 0.15) is 63.2 Å². The van der Waals surface area contributed by atoms with E-state index >= 15 is 0 Å². The van der Waals surface area contributed by atoms with Gasteiger partial charge in [-0.25, -0.2) is 84.1 Å². The quantitative estimate of drug-likeness (QED) is 0.0130. The van der Waals surface area contributed by atoms with E-state index in [0.29, 0.717) is 24.3 Å². The normalized spacial score (nSPS) is 13.1. The maximum atomic E-state index is 12.4. The van der Waals surface area contributed by atoms with E-state index in [0.717, 1.165) is 109 Å². The maximum Gasteiger partial charge on any atom is 1.00 e. The Bertz CT molecular complexity index is 6180. The van der Waals surface area contributed by atoms with Crippen LogP contribution >= 0.6 is 0 Å². The molecule has 8 aromatic rings. The van der Waals surface area contributed by atoms with Crippen LogP contribution in [0, 0.1) is 0 Å². The number of phenolic OH excluding ortho intramolecular Hbond substituents is 2. The summed E-state index contributed by atoms with van der Waals surface area (Å²) in [5.41, 5.74) is -3.99. The maximum absolute atomic E-state index is 12.4. The molecule has 0 aliphatic rings. The van der Waals surface area contributed by atoms with Crippen molar-refractivity contribution in [3.63, 3.8) is 0 Å². The van der Waals surface area contributed by atoms with Crippen molar-refractivity contribution in [3.05, 3.63) is 133 Å². The van der Waals surface area contributed by atoms with Crippen LogP contribution in [0.3, 0.4) is 0 Å². The minimum Gasteiger partial charge on any atom is -0.744 e. The van der Waals surface area contributed by atoms with Crippen molar-refractivity contribution in [1.82, 2.24) is 0 Å². The number of azo groups is 4. The van der Waals surface area contributed by atoms with Crippen molar-refractivity contribution in [3.8, 4) is 11.5 Å². The van der Waals surface area contributed by atoms with Gasteiger partial charge >= 0.3 is 160 Å². The third-order valence-corrected chi connectivity index (χ3v) is 25.6. The average Bonchev–Trinajstić information content (AvgIpc) is 0.755. The molecule has 0 unspecified atom stereocenters. The van der Waals surface area contributed by atoms with Gasteiger partial charge in [-0.2, -0.15) is 54.1 Å². The van der Waals surface area contributed by atoms with Gasteiger partial charge in [0.05, 0.1) is 111 Å². The first-order chi connectivity index (χ1) is 50.3. The molecule has 0 amide bonds. The number of sulfone groups is 4. The molecule has 0 spiro atoms. The molecule has 0 aliphatic carbocycles. The molecule has 8 rings (SSSR count). The largest absolute Gasteiger partial charge is 1.00 e. The van der Waals surface area contributed by atoms with Crippen LogP contribution in [0.2, 0.25) is 0 Å². The number of benzene rings is 8. The van der Waals surface area contributed by atoms with Crippen LogP contribution in [-0.2, 0) is 138 Å². The number of hydrogen-bond acceptors (Lipinski definition) is 42. The Hall–Kier alpha value is -4.80. The second-order valence-electron chi connectivity index (χ2n) is 21.1. The molecule has 0 aliphatic heterocycles. The summed E-state index contributed by atoms with van der Waals surface area (Å²) in [5.74, 6) is -5.59. The molecule has 0 saturated heterocycles. The predicted molar refractivity (Wildman–Crippen MR) is 364 cm³/mol. The first kappa shape index (κ1) is 103. The molecule has 6 N–H and O–H groups in total. The standard InChI is InChI=1S/2C26H24N4O19S6.4Na/c2*31-26-21-15-22(29-27-17-1-5-19(6-2-17)50(32,33)11-9-48-54(42,43)44)23(52(36,37)38)13-16(21)14-24(53(39,40)41)25(26)30-28-18-3-7-20(8-4-18)51(34,35)12-10-49-55(45,46)47;;;;/h2*1-8,13-15,31H,9-12H2,(H,36,37,38)(H,39,40,41)(H,42,43,44)(H,45,46,47);;;;/q;;4*+1/p-4. The second kappa shape index (κ2) is 40.5. The van der Waals surface area contributed by atoms with Crippen molar-refractivity contribution >= 4 is 188 Å². The summed E-state index contributed by atoms with van der Waals surface area (Å²) in [6, 6.07) is 20.4. The summed E-state index contributed by atoms with van der Waals surface area (Å²) in [4.78, 5) is -6.05. The van der Waals surface area contributed by atoms with Gasteiger partial charge in [0, 0.05) is 10.8 Å². The molecule has 0 atom stereocenters. The van der Waals surface area contributed by atoms with E-state index in [1.54, 1.807) is 0 Å². The Kier molecular flexibility index (Phi) is 36.7. The van der Waals surface area contributed by atoms with Crippen molar-refractivity contribution < 1.29 is 283 Å². The monoisotopic (exact) mass is 1860 g/mol. The fourth-order valence-corrected chi connectivity index (χ4v) is 17.1. The molecule has 0 radical (unpaired) electrons. The van der Waals surface area contributed by atoms with Crippen molar-refractivity contribution in [1.29, 1.82) is 0 Å². The van der Waals surface area contributed by atoms with Gasteiger partial charge in [0.15, 0.2) is 50.8 Å². The molecular formula is C52H44N8Na4O38S12. The summed E-state index contributed by atoms with van der Waals surface area (Å²) < 4.78 is 381. The van der Waals surface area contributed by atoms with Gasteiger partial charge in [-0.3, -0.25) is 18.2 Å². The van der Waals surface area contributed by atoms with Crippen LogP contribution in [0.15, 0.2) is 214 Å². The van der Waals surface area contributed by atoms with Gasteiger partial charge in [-0.05, 0) is 144 Å². The summed E-state index contributed by atoms with van der Waals surface area (Å²) in [6.45, 7) is -3.64. The molecule has 114 heavy (non-hydrogen) atoms. The van der Waals surface area contributed by atoms with E-state index in [9.17, 15) is 129 Å². The van der Waals surface area contributed by atoms with Crippen LogP contribution in [-0.4, -0.2) is 197 Å². The zero-order valence-corrected chi connectivity index (χ0v) is 75.4. The molecule has 62 heteroatoms. The second-order valence-corrected chi connectivity index (χ2v) is 39.3. The average molecular weight is 1870 g/mol. The molecule has 0 saturated carbocycles. The van der Waals surface area contributed by atoms with E-state index in [-0.39, 0.29) is 161 Å². The first-order valence-electron chi connectivity index (χ1n) is 28.3. The third-order valence-electron chi connectivity index (χ3n) is 13.5. The Morgan fingerprint density at radius 3 is 0.658 bits per heavy atom. The van der Waals surface area contributed by atoms with Crippen LogP contribution in [0.1, 0.15) is 0 Å². The Labute approximate surface area is 736 Å². The molecule has 0 fully saturated rings. The summed E-state index contributed by atoms with van der Waals surface area (Å²) in [5, 5.41) is 49.8. The van der Waals surface area contributed by atoms with E-state index in [4.69, 9.17) is 18.2 Å². The number of phenols is 2.